The molecule has 1 aromatic heterocycles. The zero-order chi connectivity index (χ0) is 16.9. The molecule has 0 saturated heterocycles. The summed E-state index contributed by atoms with van der Waals surface area (Å²) in [5.41, 5.74) is 0.137. The van der Waals surface area contributed by atoms with Crippen molar-refractivity contribution in [1.82, 2.24) is 10.3 Å². The number of anilines is 1. The van der Waals surface area contributed by atoms with Crippen LogP contribution in [0, 0.1) is 0 Å². The van der Waals surface area contributed by atoms with Gasteiger partial charge in [0.15, 0.2) is 15.9 Å². The van der Waals surface area contributed by atoms with Crippen LogP contribution >= 0.6 is 23.6 Å². The molecule has 0 saturated carbocycles. The standard InChI is InChI=1S/C14H14F3N3OS2/c1-21-10-4-2-3-9(7-10)5-6-18-12(22)20-13-19-11(8-23-13)14(15,16)17/h2-4,7-8H,5-6H2,1H3,(H2,18,19,20,22). The van der Waals surface area contributed by atoms with Gasteiger partial charge in [0, 0.05) is 11.9 Å². The lowest BCUT2D eigenvalue weighted by Crippen LogP contribution is -2.30. The topological polar surface area (TPSA) is 46.2 Å². The Morgan fingerprint density at radius 1 is 1.39 bits per heavy atom. The van der Waals surface area contributed by atoms with Crippen LogP contribution in [0.15, 0.2) is 29.6 Å². The van der Waals surface area contributed by atoms with Crippen molar-refractivity contribution in [2.24, 2.45) is 0 Å². The van der Waals surface area contributed by atoms with Crippen molar-refractivity contribution in [3.63, 3.8) is 0 Å². The molecule has 0 aliphatic heterocycles. The van der Waals surface area contributed by atoms with E-state index in [0.717, 1.165) is 28.0 Å². The summed E-state index contributed by atoms with van der Waals surface area (Å²) >= 11 is 5.89. The number of hydrogen-bond acceptors (Lipinski definition) is 4. The molecule has 2 aromatic rings. The predicted octanol–water partition coefficient (Wildman–Crippen LogP) is 3.70. The van der Waals surface area contributed by atoms with E-state index in [2.05, 4.69) is 15.6 Å². The first-order chi connectivity index (χ1) is 10.9. The van der Waals surface area contributed by atoms with Gasteiger partial charge in [0.1, 0.15) is 5.75 Å². The fraction of sp³-hybridized carbons (Fsp3) is 0.286. The van der Waals surface area contributed by atoms with E-state index in [1.165, 1.54) is 0 Å². The number of thiocarbonyl (C=S) groups is 1. The van der Waals surface area contributed by atoms with Gasteiger partial charge >= 0.3 is 6.18 Å². The van der Waals surface area contributed by atoms with Gasteiger partial charge in [-0.25, -0.2) is 4.98 Å². The van der Waals surface area contributed by atoms with Gasteiger partial charge in [-0.05, 0) is 36.3 Å². The number of thiazole rings is 1. The zero-order valence-corrected chi connectivity index (χ0v) is 13.7. The van der Waals surface area contributed by atoms with E-state index in [1.807, 2.05) is 24.3 Å². The van der Waals surface area contributed by atoms with E-state index in [9.17, 15) is 13.2 Å². The summed E-state index contributed by atoms with van der Waals surface area (Å²) in [5, 5.41) is 6.86. The highest BCUT2D eigenvalue weighted by atomic mass is 32.1. The van der Waals surface area contributed by atoms with Crippen LogP contribution in [0.5, 0.6) is 5.75 Å². The highest BCUT2D eigenvalue weighted by Gasteiger charge is 2.33. The molecule has 0 fully saturated rings. The molecule has 23 heavy (non-hydrogen) atoms. The molecule has 4 nitrogen and oxygen atoms in total. The molecule has 9 heteroatoms. The number of rotatable bonds is 5. The van der Waals surface area contributed by atoms with Gasteiger partial charge in [0.05, 0.1) is 7.11 Å². The average Bonchev–Trinajstić information content (AvgIpc) is 2.96. The normalized spacial score (nSPS) is 11.1. The number of alkyl halides is 3. The third-order valence-electron chi connectivity index (χ3n) is 2.85. The summed E-state index contributed by atoms with van der Waals surface area (Å²) < 4.78 is 42.5. The van der Waals surface area contributed by atoms with Crippen LogP contribution in [-0.2, 0) is 12.6 Å². The summed E-state index contributed by atoms with van der Waals surface area (Å²) in [5.74, 6) is 0.769. The smallest absolute Gasteiger partial charge is 0.434 e. The highest BCUT2D eigenvalue weighted by molar-refractivity contribution is 7.80. The number of aromatic nitrogens is 1. The molecule has 0 unspecified atom stereocenters. The average molecular weight is 361 g/mol. The molecule has 1 heterocycles. The molecular weight excluding hydrogens is 347 g/mol. The van der Waals surface area contributed by atoms with Crippen molar-refractivity contribution >= 4 is 33.8 Å². The first kappa shape index (κ1) is 17.5. The molecule has 0 atom stereocenters. The third-order valence-corrected chi connectivity index (χ3v) is 3.85. The van der Waals surface area contributed by atoms with Gasteiger partial charge in [-0.1, -0.05) is 12.1 Å². The van der Waals surface area contributed by atoms with Crippen molar-refractivity contribution in [2.75, 3.05) is 19.0 Å². The molecule has 0 radical (unpaired) electrons. The Labute approximate surface area is 140 Å². The van der Waals surface area contributed by atoms with E-state index >= 15 is 0 Å². The zero-order valence-electron chi connectivity index (χ0n) is 12.1. The summed E-state index contributed by atoms with van der Waals surface area (Å²) in [6.07, 6.45) is -3.75. The Bertz CT molecular complexity index is 673. The number of halogens is 3. The van der Waals surface area contributed by atoms with Crippen molar-refractivity contribution < 1.29 is 17.9 Å². The Morgan fingerprint density at radius 3 is 2.83 bits per heavy atom. The second kappa shape index (κ2) is 7.60. The van der Waals surface area contributed by atoms with Crippen LogP contribution in [0.3, 0.4) is 0 Å². The van der Waals surface area contributed by atoms with Crippen LogP contribution in [0.4, 0.5) is 18.3 Å². The molecule has 124 valence electrons. The van der Waals surface area contributed by atoms with Crippen LogP contribution in [-0.4, -0.2) is 23.8 Å². The fourth-order valence-corrected chi connectivity index (χ4v) is 2.74. The van der Waals surface area contributed by atoms with E-state index in [0.29, 0.717) is 13.0 Å². The Morgan fingerprint density at radius 2 is 2.17 bits per heavy atom. The molecule has 2 N–H and O–H groups in total. The fourth-order valence-electron chi connectivity index (χ4n) is 1.75. The van der Waals surface area contributed by atoms with Crippen molar-refractivity contribution in [2.45, 2.75) is 12.6 Å². The Balaban J connectivity index is 1.80. The number of methoxy groups -OCH3 is 1. The second-order valence-corrected chi connectivity index (χ2v) is 5.78. The van der Waals surface area contributed by atoms with Gasteiger partial charge in [0.2, 0.25) is 0 Å². The maximum absolute atomic E-state index is 12.4. The maximum Gasteiger partial charge on any atom is 0.434 e. The minimum atomic E-state index is -4.45. The van der Waals surface area contributed by atoms with Crippen LogP contribution in [0.25, 0.3) is 0 Å². The molecular formula is C14H14F3N3OS2. The van der Waals surface area contributed by atoms with Crippen LogP contribution < -0.4 is 15.4 Å². The first-order valence-corrected chi connectivity index (χ1v) is 7.88. The summed E-state index contributed by atoms with van der Waals surface area (Å²) in [6, 6.07) is 7.61. The van der Waals surface area contributed by atoms with Gasteiger partial charge in [-0.15, -0.1) is 11.3 Å². The van der Waals surface area contributed by atoms with E-state index in [4.69, 9.17) is 17.0 Å². The number of ether oxygens (including phenoxy) is 1. The minimum absolute atomic E-state index is 0.108. The van der Waals surface area contributed by atoms with Gasteiger partial charge in [-0.3, -0.25) is 0 Å². The van der Waals surface area contributed by atoms with Gasteiger partial charge < -0.3 is 15.4 Å². The van der Waals surface area contributed by atoms with E-state index < -0.39 is 11.9 Å². The maximum atomic E-state index is 12.4. The summed E-state index contributed by atoms with van der Waals surface area (Å²) in [4.78, 5) is 3.45. The van der Waals surface area contributed by atoms with Crippen LogP contribution in [0.2, 0.25) is 0 Å². The van der Waals surface area contributed by atoms with Crippen LogP contribution in [0.1, 0.15) is 11.3 Å². The summed E-state index contributed by atoms with van der Waals surface area (Å²) in [6.45, 7) is 0.538. The lowest BCUT2D eigenvalue weighted by molar-refractivity contribution is -0.140. The van der Waals surface area contributed by atoms with Crippen molar-refractivity contribution in [1.29, 1.82) is 0 Å². The number of nitrogens with zero attached hydrogens (tertiary/aromatic N) is 1. The molecule has 0 spiro atoms. The Hall–Kier alpha value is -1.87. The first-order valence-electron chi connectivity index (χ1n) is 6.59. The SMILES string of the molecule is COc1cccc(CCNC(=S)Nc2nc(C(F)(F)F)cs2)c1. The molecule has 1 aromatic carbocycles. The summed E-state index contributed by atoms with van der Waals surface area (Å²) in [7, 11) is 1.60. The quantitative estimate of drug-likeness (QED) is 0.795. The van der Waals surface area contributed by atoms with E-state index in [-0.39, 0.29) is 10.2 Å². The van der Waals surface area contributed by atoms with Gasteiger partial charge in [-0.2, -0.15) is 13.2 Å². The number of nitrogens with one attached hydrogen (secondary N) is 2. The molecule has 0 aliphatic rings. The van der Waals surface area contributed by atoms with Crippen molar-refractivity contribution in [3.05, 3.63) is 40.9 Å². The van der Waals surface area contributed by atoms with E-state index in [1.54, 1.807) is 7.11 Å². The number of benzene rings is 1. The molecule has 0 amide bonds. The second-order valence-electron chi connectivity index (χ2n) is 4.52. The minimum Gasteiger partial charge on any atom is -0.497 e. The largest absolute Gasteiger partial charge is 0.497 e. The third kappa shape index (κ3) is 5.36. The van der Waals surface area contributed by atoms with Gasteiger partial charge in [0.25, 0.3) is 0 Å². The monoisotopic (exact) mass is 361 g/mol. The highest BCUT2D eigenvalue weighted by Crippen LogP contribution is 2.31. The molecule has 0 aliphatic carbocycles. The lowest BCUT2D eigenvalue weighted by Gasteiger charge is -2.09. The molecule has 2 rings (SSSR count). The van der Waals surface area contributed by atoms with Crippen molar-refractivity contribution in [3.8, 4) is 5.75 Å². The lowest BCUT2D eigenvalue weighted by atomic mass is 10.1. The Kier molecular flexibility index (Phi) is 5.78. The predicted molar refractivity (Wildman–Crippen MR) is 88.0 cm³/mol. The molecule has 0 bridgehead atoms. The number of hydrogen-bond donors (Lipinski definition) is 2.